The number of nitrogen functional groups attached to an aromatic ring is 2. The van der Waals surface area contributed by atoms with Crippen LogP contribution in [-0.4, -0.2) is 54.7 Å². The van der Waals surface area contributed by atoms with Crippen LogP contribution in [0.15, 0.2) is 46.2 Å². The van der Waals surface area contributed by atoms with Gasteiger partial charge in [0, 0.05) is 25.8 Å². The fourth-order valence-electron chi connectivity index (χ4n) is 3.16. The Balaban J connectivity index is 2.17. The highest BCUT2D eigenvalue weighted by atomic mass is 32.2. The first-order valence-electron chi connectivity index (χ1n) is 8.60. The lowest BCUT2D eigenvalue weighted by Crippen LogP contribution is -2.37. The van der Waals surface area contributed by atoms with Gasteiger partial charge in [0.2, 0.25) is 0 Å². The van der Waals surface area contributed by atoms with Gasteiger partial charge in [-0.05, 0) is 30.3 Å². The van der Waals surface area contributed by atoms with Gasteiger partial charge in [0.1, 0.15) is 9.79 Å². The van der Waals surface area contributed by atoms with Crippen LogP contribution in [0.2, 0.25) is 0 Å². The molecule has 1 fully saturated rings. The summed E-state index contributed by atoms with van der Waals surface area (Å²) in [4.78, 5) is 0.989. The van der Waals surface area contributed by atoms with Gasteiger partial charge in [0.05, 0.1) is 30.3 Å². The molecule has 0 radical (unpaired) electrons. The number of hydrogen-bond donors (Lipinski definition) is 3. The maximum Gasteiger partial charge on any atom is 0.298 e. The van der Waals surface area contributed by atoms with Crippen molar-refractivity contribution in [1.29, 1.82) is 0 Å². The molecule has 0 bridgehead atoms. The maximum absolute atomic E-state index is 13.1. The van der Waals surface area contributed by atoms with Crippen molar-refractivity contribution in [3.63, 3.8) is 0 Å². The van der Waals surface area contributed by atoms with Gasteiger partial charge in [-0.2, -0.15) is 8.42 Å². The first-order valence-corrected chi connectivity index (χ1v) is 11.5. The standard InChI is InChI=1S/C17H22N4O6S2/c1-20(28(22,23)16-6-5-12(18)11-13(16)19)14-3-2-4-15(17(14)29(24,25)26)21-7-9-27-10-8-21/h2-6,11H,7-10,18-19H2,1H3,(H,24,25,26). The first kappa shape index (κ1) is 21.2. The molecule has 0 aromatic heterocycles. The van der Waals surface area contributed by atoms with Gasteiger partial charge in [0.25, 0.3) is 20.1 Å². The van der Waals surface area contributed by atoms with Gasteiger partial charge in [-0.3, -0.25) is 8.86 Å². The number of anilines is 4. The Kier molecular flexibility index (Phi) is 5.63. The zero-order valence-electron chi connectivity index (χ0n) is 15.6. The Morgan fingerprint density at radius 3 is 2.31 bits per heavy atom. The van der Waals surface area contributed by atoms with Gasteiger partial charge in [-0.1, -0.05) is 6.07 Å². The molecule has 29 heavy (non-hydrogen) atoms. The predicted molar refractivity (Wildman–Crippen MR) is 110 cm³/mol. The molecule has 0 spiro atoms. The van der Waals surface area contributed by atoms with Crippen molar-refractivity contribution in [1.82, 2.24) is 0 Å². The summed E-state index contributed by atoms with van der Waals surface area (Å²) in [6, 6.07) is 8.26. The second-order valence-corrected chi connectivity index (χ2v) is 9.77. The molecule has 0 atom stereocenters. The second-order valence-electron chi connectivity index (χ2n) is 6.47. The molecule has 2 aromatic carbocycles. The highest BCUT2D eigenvalue weighted by Crippen LogP contribution is 2.37. The summed E-state index contributed by atoms with van der Waals surface area (Å²) >= 11 is 0. The van der Waals surface area contributed by atoms with E-state index in [1.807, 2.05) is 0 Å². The normalized spacial score (nSPS) is 15.3. The monoisotopic (exact) mass is 442 g/mol. The maximum atomic E-state index is 13.1. The summed E-state index contributed by atoms with van der Waals surface area (Å²) in [5, 5.41) is 0. The van der Waals surface area contributed by atoms with Gasteiger partial charge >= 0.3 is 0 Å². The molecule has 3 rings (SSSR count). The van der Waals surface area contributed by atoms with E-state index in [0.717, 1.165) is 4.31 Å². The number of hydrogen-bond acceptors (Lipinski definition) is 8. The molecule has 158 valence electrons. The van der Waals surface area contributed by atoms with Crippen LogP contribution < -0.4 is 20.7 Å². The van der Waals surface area contributed by atoms with Crippen LogP contribution in [0, 0.1) is 0 Å². The predicted octanol–water partition coefficient (Wildman–Crippen LogP) is 0.759. The third-order valence-electron chi connectivity index (χ3n) is 4.59. The molecule has 0 saturated carbocycles. The summed E-state index contributed by atoms with van der Waals surface area (Å²) in [5.74, 6) is 0. The average Bonchev–Trinajstić information content (AvgIpc) is 2.66. The van der Waals surface area contributed by atoms with Crippen LogP contribution in [0.3, 0.4) is 0 Å². The number of ether oxygens (including phenoxy) is 1. The lowest BCUT2D eigenvalue weighted by Gasteiger charge is -2.31. The number of sulfonamides is 1. The molecule has 1 heterocycles. The van der Waals surface area contributed by atoms with Crippen LogP contribution in [0.25, 0.3) is 0 Å². The van der Waals surface area contributed by atoms with Crippen LogP contribution in [0.4, 0.5) is 22.7 Å². The van der Waals surface area contributed by atoms with Crippen LogP contribution in [0.1, 0.15) is 0 Å². The minimum Gasteiger partial charge on any atom is -0.399 e. The van der Waals surface area contributed by atoms with Gasteiger partial charge in [-0.15, -0.1) is 0 Å². The molecule has 0 aliphatic carbocycles. The molecule has 1 aliphatic heterocycles. The van der Waals surface area contributed by atoms with E-state index in [0.29, 0.717) is 26.3 Å². The van der Waals surface area contributed by atoms with Crippen LogP contribution >= 0.6 is 0 Å². The lowest BCUT2D eigenvalue weighted by atomic mass is 10.2. The van der Waals surface area contributed by atoms with E-state index in [1.54, 1.807) is 4.90 Å². The van der Waals surface area contributed by atoms with Gasteiger partial charge in [-0.25, -0.2) is 8.42 Å². The van der Waals surface area contributed by atoms with Gasteiger partial charge < -0.3 is 21.1 Å². The summed E-state index contributed by atoms with van der Waals surface area (Å²) in [5.41, 5.74) is 11.7. The van der Waals surface area contributed by atoms with E-state index < -0.39 is 25.0 Å². The van der Waals surface area contributed by atoms with Gasteiger partial charge in [0.15, 0.2) is 0 Å². The van der Waals surface area contributed by atoms with Crippen molar-refractivity contribution in [2.24, 2.45) is 0 Å². The second kappa shape index (κ2) is 7.71. The summed E-state index contributed by atoms with van der Waals surface area (Å²) in [6.07, 6.45) is 0. The Morgan fingerprint density at radius 2 is 1.72 bits per heavy atom. The Hall–Kier alpha value is -2.54. The first-order chi connectivity index (χ1) is 13.5. The van der Waals surface area contributed by atoms with E-state index in [-0.39, 0.29) is 27.6 Å². The minimum atomic E-state index is -4.76. The van der Waals surface area contributed by atoms with E-state index in [4.69, 9.17) is 16.2 Å². The topological polar surface area (TPSA) is 156 Å². The molecular formula is C17H22N4O6S2. The van der Waals surface area contributed by atoms with E-state index in [1.165, 1.54) is 43.4 Å². The number of morpholine rings is 1. The molecule has 10 nitrogen and oxygen atoms in total. The highest BCUT2D eigenvalue weighted by molar-refractivity contribution is 7.93. The van der Waals surface area contributed by atoms with E-state index in [9.17, 15) is 21.4 Å². The van der Waals surface area contributed by atoms with Crippen molar-refractivity contribution in [3.8, 4) is 0 Å². The zero-order chi connectivity index (χ0) is 21.4. The SMILES string of the molecule is CN(c1cccc(N2CCOCC2)c1S(=O)(=O)O)S(=O)(=O)c1ccc(N)cc1N. The average molecular weight is 443 g/mol. The van der Waals surface area contributed by atoms with Crippen molar-refractivity contribution in [3.05, 3.63) is 36.4 Å². The van der Waals surface area contributed by atoms with E-state index in [2.05, 4.69) is 0 Å². The number of rotatable bonds is 5. The minimum absolute atomic E-state index is 0.0745. The molecule has 12 heteroatoms. The quantitative estimate of drug-likeness (QED) is 0.449. The fraction of sp³-hybridized carbons (Fsp3) is 0.294. The van der Waals surface area contributed by atoms with Crippen LogP contribution in [-0.2, 0) is 24.9 Å². The molecule has 2 aromatic rings. The lowest BCUT2D eigenvalue weighted by molar-refractivity contribution is 0.122. The number of nitrogens with zero attached hydrogens (tertiary/aromatic N) is 2. The zero-order valence-corrected chi connectivity index (χ0v) is 17.3. The number of benzene rings is 2. The third kappa shape index (κ3) is 4.10. The Morgan fingerprint density at radius 1 is 1.07 bits per heavy atom. The number of nitrogens with two attached hydrogens (primary N) is 2. The van der Waals surface area contributed by atoms with E-state index >= 15 is 0 Å². The van der Waals surface area contributed by atoms with Crippen molar-refractivity contribution in [2.75, 3.05) is 54.0 Å². The third-order valence-corrected chi connectivity index (χ3v) is 7.37. The Labute approximate surface area is 169 Å². The molecule has 1 saturated heterocycles. The molecular weight excluding hydrogens is 420 g/mol. The Bertz CT molecular complexity index is 1130. The largest absolute Gasteiger partial charge is 0.399 e. The van der Waals surface area contributed by atoms with Crippen LogP contribution in [0.5, 0.6) is 0 Å². The summed E-state index contributed by atoms with van der Waals surface area (Å²) in [7, 11) is -7.80. The molecule has 0 amide bonds. The van der Waals surface area contributed by atoms with Crippen molar-refractivity contribution < 1.29 is 26.1 Å². The highest BCUT2D eigenvalue weighted by Gasteiger charge is 2.32. The molecule has 0 unspecified atom stereocenters. The molecule has 1 aliphatic rings. The summed E-state index contributed by atoms with van der Waals surface area (Å²) < 4.78 is 66.7. The summed E-state index contributed by atoms with van der Waals surface area (Å²) in [6.45, 7) is 1.55. The smallest absolute Gasteiger partial charge is 0.298 e. The fourth-order valence-corrected chi connectivity index (χ4v) is 5.45. The van der Waals surface area contributed by atoms with Crippen molar-refractivity contribution >= 4 is 42.9 Å². The van der Waals surface area contributed by atoms with Crippen molar-refractivity contribution in [2.45, 2.75) is 9.79 Å². The molecule has 5 N–H and O–H groups in total.